The molecule has 3 rings (SSSR count). The van der Waals surface area contributed by atoms with Gasteiger partial charge in [-0.05, 0) is 49.5 Å². The van der Waals surface area contributed by atoms with Crippen LogP contribution < -0.4 is 0 Å². The third-order valence-electron chi connectivity index (χ3n) is 4.61. The van der Waals surface area contributed by atoms with Crippen LogP contribution in [0.1, 0.15) is 47.7 Å². The van der Waals surface area contributed by atoms with Crippen LogP contribution in [0.3, 0.4) is 0 Å². The highest BCUT2D eigenvalue weighted by Gasteiger charge is 2.25. The van der Waals surface area contributed by atoms with E-state index in [0.29, 0.717) is 12.1 Å². The summed E-state index contributed by atoms with van der Waals surface area (Å²) in [5, 5.41) is 5.19. The van der Waals surface area contributed by atoms with Crippen molar-refractivity contribution < 1.29 is 17.4 Å². The van der Waals surface area contributed by atoms with Crippen LogP contribution in [0.5, 0.6) is 0 Å². The third-order valence-corrected chi connectivity index (χ3v) is 5.09. The standard InChI is InChI=1S/C18H21FN2O3S/c1-21-18-14(11-13-5-4-7-15(19)12-13)6-2-3-8-16(18)17(20-21)9-10-25(22,23)24/h4-5,7,9-10,12,14H,2-3,6,8,11H2,1H3,(H,22,23,24). The molecule has 0 fully saturated rings. The Kier molecular flexibility index (Phi) is 5.06. The molecule has 1 heterocycles. The van der Waals surface area contributed by atoms with E-state index in [0.717, 1.165) is 47.9 Å². The van der Waals surface area contributed by atoms with Crippen LogP contribution in [0.4, 0.5) is 4.39 Å². The fourth-order valence-corrected chi connectivity index (χ4v) is 3.93. The molecular formula is C18H21FN2O3S. The first-order valence-electron chi connectivity index (χ1n) is 8.29. The van der Waals surface area contributed by atoms with E-state index in [1.165, 1.54) is 12.1 Å². The van der Waals surface area contributed by atoms with Crippen molar-refractivity contribution in [1.29, 1.82) is 0 Å². The number of halogens is 1. The molecule has 25 heavy (non-hydrogen) atoms. The van der Waals surface area contributed by atoms with Gasteiger partial charge in [-0.25, -0.2) is 4.39 Å². The Labute approximate surface area is 146 Å². The Morgan fingerprint density at radius 2 is 2.20 bits per heavy atom. The molecule has 2 aromatic rings. The highest BCUT2D eigenvalue weighted by molar-refractivity contribution is 7.88. The van der Waals surface area contributed by atoms with Gasteiger partial charge in [-0.3, -0.25) is 9.23 Å². The van der Waals surface area contributed by atoms with Crippen molar-refractivity contribution in [3.63, 3.8) is 0 Å². The lowest BCUT2D eigenvalue weighted by atomic mass is 9.91. The summed E-state index contributed by atoms with van der Waals surface area (Å²) < 4.78 is 46.2. The Bertz CT molecular complexity index is 903. The second-order valence-corrected chi connectivity index (χ2v) is 7.77. The molecule has 0 spiro atoms. The minimum absolute atomic E-state index is 0.199. The van der Waals surface area contributed by atoms with Gasteiger partial charge in [-0.15, -0.1) is 0 Å². The van der Waals surface area contributed by atoms with Crippen molar-refractivity contribution in [2.24, 2.45) is 7.05 Å². The molecule has 1 aromatic heterocycles. The average molecular weight is 364 g/mol. The molecule has 1 atom stereocenters. The third kappa shape index (κ3) is 4.35. The van der Waals surface area contributed by atoms with Gasteiger partial charge in [-0.2, -0.15) is 13.5 Å². The monoisotopic (exact) mass is 364 g/mol. The van der Waals surface area contributed by atoms with Crippen molar-refractivity contribution in [3.8, 4) is 0 Å². The highest BCUT2D eigenvalue weighted by atomic mass is 32.2. The molecule has 1 N–H and O–H groups in total. The fraction of sp³-hybridized carbons (Fsp3) is 0.389. The first-order chi connectivity index (χ1) is 11.8. The molecular weight excluding hydrogens is 343 g/mol. The molecule has 0 aliphatic heterocycles. The second kappa shape index (κ2) is 7.09. The topological polar surface area (TPSA) is 72.2 Å². The van der Waals surface area contributed by atoms with E-state index in [-0.39, 0.29) is 11.7 Å². The zero-order valence-electron chi connectivity index (χ0n) is 14.0. The van der Waals surface area contributed by atoms with Gasteiger partial charge >= 0.3 is 0 Å². The quantitative estimate of drug-likeness (QED) is 0.666. The zero-order chi connectivity index (χ0) is 18.0. The number of nitrogens with zero attached hydrogens (tertiary/aromatic N) is 2. The molecule has 0 radical (unpaired) electrons. The molecule has 1 aliphatic rings. The molecule has 0 saturated heterocycles. The molecule has 0 saturated carbocycles. The number of rotatable bonds is 4. The van der Waals surface area contributed by atoms with E-state index in [4.69, 9.17) is 4.55 Å². The van der Waals surface area contributed by atoms with Crippen molar-refractivity contribution in [2.75, 3.05) is 0 Å². The first kappa shape index (κ1) is 17.8. The summed E-state index contributed by atoms with van der Waals surface area (Å²) in [5.74, 6) is -0.0437. The van der Waals surface area contributed by atoms with Crippen LogP contribution in [-0.2, 0) is 30.0 Å². The highest BCUT2D eigenvalue weighted by Crippen LogP contribution is 2.35. The number of hydrogen-bond acceptors (Lipinski definition) is 3. The Morgan fingerprint density at radius 1 is 1.40 bits per heavy atom. The number of aryl methyl sites for hydroxylation is 1. The Morgan fingerprint density at radius 3 is 2.92 bits per heavy atom. The Hall–Kier alpha value is -1.99. The lowest BCUT2D eigenvalue weighted by Gasteiger charge is -2.17. The largest absolute Gasteiger partial charge is 0.287 e. The SMILES string of the molecule is Cn1nc(C=CS(=O)(=O)O)c2c1C(Cc1cccc(F)c1)CCCC2. The average Bonchev–Trinajstić information content (AvgIpc) is 2.69. The van der Waals surface area contributed by atoms with Crippen molar-refractivity contribution in [2.45, 2.75) is 38.0 Å². The molecule has 1 aliphatic carbocycles. The van der Waals surface area contributed by atoms with Gasteiger partial charge in [0.15, 0.2) is 0 Å². The summed E-state index contributed by atoms with van der Waals surface area (Å²) in [6.07, 6.45) is 5.89. The molecule has 0 bridgehead atoms. The molecule has 0 amide bonds. The van der Waals surface area contributed by atoms with Crippen LogP contribution in [0, 0.1) is 5.82 Å². The van der Waals surface area contributed by atoms with Gasteiger partial charge in [0.1, 0.15) is 5.82 Å². The summed E-state index contributed by atoms with van der Waals surface area (Å²) in [6.45, 7) is 0. The lowest BCUT2D eigenvalue weighted by Crippen LogP contribution is -2.09. The summed E-state index contributed by atoms with van der Waals surface area (Å²) in [6, 6.07) is 6.62. The normalized spacial score (nSPS) is 18.3. The smallest absolute Gasteiger partial charge is 0.282 e. The van der Waals surface area contributed by atoms with Crippen LogP contribution in [0.2, 0.25) is 0 Å². The van der Waals surface area contributed by atoms with Gasteiger partial charge in [0.05, 0.1) is 11.1 Å². The van der Waals surface area contributed by atoms with Gasteiger partial charge in [-0.1, -0.05) is 18.6 Å². The zero-order valence-corrected chi connectivity index (χ0v) is 14.8. The summed E-state index contributed by atoms with van der Waals surface area (Å²) >= 11 is 0. The summed E-state index contributed by atoms with van der Waals surface area (Å²) in [7, 11) is -2.35. The maximum atomic E-state index is 13.5. The van der Waals surface area contributed by atoms with Crippen LogP contribution in [0.15, 0.2) is 29.7 Å². The molecule has 1 aromatic carbocycles. The molecule has 134 valence electrons. The van der Waals surface area contributed by atoms with E-state index in [9.17, 15) is 12.8 Å². The van der Waals surface area contributed by atoms with Gasteiger partial charge in [0.25, 0.3) is 10.1 Å². The van der Waals surface area contributed by atoms with Gasteiger partial charge in [0, 0.05) is 24.2 Å². The predicted molar refractivity (Wildman–Crippen MR) is 94.2 cm³/mol. The van der Waals surface area contributed by atoms with E-state index in [2.05, 4.69) is 5.10 Å². The van der Waals surface area contributed by atoms with E-state index in [1.54, 1.807) is 16.8 Å². The summed E-state index contributed by atoms with van der Waals surface area (Å²) in [4.78, 5) is 0. The predicted octanol–water partition coefficient (Wildman–Crippen LogP) is 3.47. The Balaban J connectivity index is 1.97. The number of aromatic nitrogens is 2. The van der Waals surface area contributed by atoms with Gasteiger partial charge < -0.3 is 0 Å². The number of benzene rings is 1. The van der Waals surface area contributed by atoms with E-state index in [1.807, 2.05) is 13.1 Å². The lowest BCUT2D eigenvalue weighted by molar-refractivity contribution is 0.494. The molecule has 1 unspecified atom stereocenters. The number of hydrogen-bond donors (Lipinski definition) is 1. The van der Waals surface area contributed by atoms with Crippen molar-refractivity contribution in [3.05, 3.63) is 58.0 Å². The fourth-order valence-electron chi connectivity index (χ4n) is 3.63. The van der Waals surface area contributed by atoms with E-state index >= 15 is 0 Å². The van der Waals surface area contributed by atoms with Crippen LogP contribution >= 0.6 is 0 Å². The van der Waals surface area contributed by atoms with Gasteiger partial charge in [0.2, 0.25) is 0 Å². The van der Waals surface area contributed by atoms with E-state index < -0.39 is 10.1 Å². The molecule has 7 heteroatoms. The van der Waals surface area contributed by atoms with Crippen molar-refractivity contribution in [1.82, 2.24) is 9.78 Å². The summed E-state index contributed by atoms with van der Waals surface area (Å²) in [5.41, 5.74) is 3.59. The second-order valence-electron chi connectivity index (χ2n) is 6.47. The minimum Gasteiger partial charge on any atom is -0.282 e. The molecule has 5 nitrogen and oxygen atoms in total. The van der Waals surface area contributed by atoms with Crippen LogP contribution in [0.25, 0.3) is 6.08 Å². The number of fused-ring (bicyclic) bond motifs is 1. The maximum Gasteiger partial charge on any atom is 0.287 e. The maximum absolute atomic E-state index is 13.5. The first-order valence-corrected chi connectivity index (χ1v) is 9.79. The minimum atomic E-state index is -4.19. The van der Waals surface area contributed by atoms with Crippen molar-refractivity contribution >= 4 is 16.2 Å². The van der Waals surface area contributed by atoms with Crippen LogP contribution in [-0.4, -0.2) is 22.8 Å².